The molecule has 0 atom stereocenters. The second-order valence-corrected chi connectivity index (χ2v) is 9.59. The van der Waals surface area contributed by atoms with Crippen LogP contribution < -0.4 is 4.90 Å². The van der Waals surface area contributed by atoms with Gasteiger partial charge in [-0.2, -0.15) is 0 Å². The SMILES string of the molecule is c1ccc(-c2ccc3c(c2)N(c2ccc4cccc(-c5ccccc5)c4n2)c2ccccc2CC3)cc1. The highest BCUT2D eigenvalue weighted by molar-refractivity contribution is 5.95. The van der Waals surface area contributed by atoms with Crippen LogP contribution in [0.4, 0.5) is 17.2 Å². The average molecular weight is 475 g/mol. The third kappa shape index (κ3) is 3.88. The fourth-order valence-electron chi connectivity index (χ4n) is 5.49. The van der Waals surface area contributed by atoms with E-state index in [2.05, 4.69) is 138 Å². The molecule has 1 aliphatic rings. The van der Waals surface area contributed by atoms with Gasteiger partial charge in [0.15, 0.2) is 0 Å². The van der Waals surface area contributed by atoms with Crippen LogP contribution in [-0.2, 0) is 12.8 Å². The number of nitrogens with zero attached hydrogens (tertiary/aromatic N) is 2. The minimum absolute atomic E-state index is 0.941. The summed E-state index contributed by atoms with van der Waals surface area (Å²) in [4.78, 5) is 7.71. The largest absolute Gasteiger partial charge is 0.294 e. The van der Waals surface area contributed by atoms with Crippen molar-refractivity contribution < 1.29 is 0 Å². The van der Waals surface area contributed by atoms with Crippen molar-refractivity contribution >= 4 is 28.1 Å². The average Bonchev–Trinajstić information content (AvgIpc) is 3.14. The Kier molecular flexibility index (Phi) is 5.29. The lowest BCUT2D eigenvalue weighted by Gasteiger charge is -2.27. The molecule has 7 rings (SSSR count). The number of para-hydroxylation sites is 2. The summed E-state index contributed by atoms with van der Waals surface area (Å²) in [5.74, 6) is 0.941. The summed E-state index contributed by atoms with van der Waals surface area (Å²) in [6, 6.07) is 47.6. The van der Waals surface area contributed by atoms with Crippen LogP contribution in [0.2, 0.25) is 0 Å². The van der Waals surface area contributed by atoms with Crippen molar-refractivity contribution in [2.75, 3.05) is 4.90 Å². The molecule has 0 N–H and O–H groups in total. The van der Waals surface area contributed by atoms with Crippen molar-refractivity contribution in [2.45, 2.75) is 12.8 Å². The van der Waals surface area contributed by atoms with Crippen LogP contribution in [-0.4, -0.2) is 4.98 Å². The predicted molar refractivity (Wildman–Crippen MR) is 155 cm³/mol. The number of aryl methyl sites for hydroxylation is 2. The first-order chi connectivity index (χ1) is 18.3. The maximum absolute atomic E-state index is 5.34. The lowest BCUT2D eigenvalue weighted by atomic mass is 9.99. The summed E-state index contributed by atoms with van der Waals surface area (Å²) in [5.41, 5.74) is 10.9. The van der Waals surface area contributed by atoms with E-state index in [4.69, 9.17) is 4.98 Å². The molecular formula is C35H26N2. The highest BCUT2D eigenvalue weighted by Crippen LogP contribution is 2.43. The summed E-state index contributed by atoms with van der Waals surface area (Å²) in [6.07, 6.45) is 2.01. The van der Waals surface area contributed by atoms with Gasteiger partial charge in [-0.3, -0.25) is 4.90 Å². The normalized spacial score (nSPS) is 12.6. The van der Waals surface area contributed by atoms with Gasteiger partial charge in [-0.05, 0) is 64.9 Å². The summed E-state index contributed by atoms with van der Waals surface area (Å²) in [6.45, 7) is 0. The molecule has 0 unspecified atom stereocenters. The highest BCUT2D eigenvalue weighted by atomic mass is 15.2. The van der Waals surface area contributed by atoms with E-state index in [0.717, 1.165) is 35.1 Å². The van der Waals surface area contributed by atoms with Crippen LogP contribution in [0.1, 0.15) is 11.1 Å². The van der Waals surface area contributed by atoms with Crippen LogP contribution in [0.3, 0.4) is 0 Å². The molecule has 1 aromatic heterocycles. The van der Waals surface area contributed by atoms with Crippen molar-refractivity contribution in [3.8, 4) is 22.3 Å². The van der Waals surface area contributed by atoms with Crippen molar-refractivity contribution in [1.29, 1.82) is 0 Å². The molecule has 2 heteroatoms. The first kappa shape index (κ1) is 21.6. The molecule has 0 saturated carbocycles. The zero-order valence-corrected chi connectivity index (χ0v) is 20.5. The van der Waals surface area contributed by atoms with Gasteiger partial charge in [0.2, 0.25) is 0 Å². The molecule has 5 aromatic carbocycles. The monoisotopic (exact) mass is 474 g/mol. The fraction of sp³-hybridized carbons (Fsp3) is 0.0571. The van der Waals surface area contributed by atoms with Crippen LogP contribution in [0.5, 0.6) is 0 Å². The maximum Gasteiger partial charge on any atom is 0.138 e. The van der Waals surface area contributed by atoms with E-state index in [-0.39, 0.29) is 0 Å². The number of hydrogen-bond acceptors (Lipinski definition) is 2. The Morgan fingerprint density at radius 1 is 0.486 bits per heavy atom. The topological polar surface area (TPSA) is 16.1 Å². The zero-order valence-electron chi connectivity index (χ0n) is 20.5. The number of rotatable bonds is 3. The molecule has 6 aromatic rings. The Hall–Kier alpha value is -4.69. The molecule has 2 nitrogen and oxygen atoms in total. The van der Waals surface area contributed by atoms with E-state index < -0.39 is 0 Å². The molecule has 0 fully saturated rings. The smallest absolute Gasteiger partial charge is 0.138 e. The molecule has 0 radical (unpaired) electrons. The second-order valence-electron chi connectivity index (χ2n) is 9.59. The summed E-state index contributed by atoms with van der Waals surface area (Å²) in [5, 5.41) is 1.14. The zero-order chi connectivity index (χ0) is 24.6. The Labute approximate surface area is 217 Å². The summed E-state index contributed by atoms with van der Waals surface area (Å²) in [7, 11) is 0. The molecule has 0 bridgehead atoms. The lowest BCUT2D eigenvalue weighted by Crippen LogP contribution is -2.13. The molecular weight excluding hydrogens is 448 g/mol. The van der Waals surface area contributed by atoms with Crippen molar-refractivity contribution in [3.63, 3.8) is 0 Å². The van der Waals surface area contributed by atoms with E-state index in [1.807, 2.05) is 0 Å². The molecule has 0 spiro atoms. The van der Waals surface area contributed by atoms with Gasteiger partial charge in [0.1, 0.15) is 5.82 Å². The lowest BCUT2D eigenvalue weighted by molar-refractivity contribution is 0.978. The van der Waals surface area contributed by atoms with Crippen LogP contribution in [0.15, 0.2) is 133 Å². The van der Waals surface area contributed by atoms with Gasteiger partial charge in [0, 0.05) is 10.9 Å². The van der Waals surface area contributed by atoms with E-state index in [1.165, 1.54) is 39.2 Å². The van der Waals surface area contributed by atoms with E-state index in [9.17, 15) is 0 Å². The van der Waals surface area contributed by atoms with Gasteiger partial charge in [0.05, 0.1) is 16.9 Å². The van der Waals surface area contributed by atoms with Gasteiger partial charge in [0.25, 0.3) is 0 Å². The molecule has 1 aliphatic heterocycles. The van der Waals surface area contributed by atoms with Gasteiger partial charge in [-0.25, -0.2) is 4.98 Å². The Morgan fingerprint density at radius 2 is 1.19 bits per heavy atom. The van der Waals surface area contributed by atoms with Gasteiger partial charge in [-0.15, -0.1) is 0 Å². The molecule has 0 saturated heterocycles. The van der Waals surface area contributed by atoms with Gasteiger partial charge < -0.3 is 0 Å². The fourth-order valence-corrected chi connectivity index (χ4v) is 5.49. The Bertz CT molecular complexity index is 1720. The number of anilines is 3. The summed E-state index contributed by atoms with van der Waals surface area (Å²) < 4.78 is 0. The third-order valence-corrected chi connectivity index (χ3v) is 7.35. The quantitative estimate of drug-likeness (QED) is 0.254. The van der Waals surface area contributed by atoms with E-state index >= 15 is 0 Å². The van der Waals surface area contributed by atoms with Crippen molar-refractivity contribution in [2.24, 2.45) is 0 Å². The van der Waals surface area contributed by atoms with E-state index in [0.29, 0.717) is 0 Å². The van der Waals surface area contributed by atoms with Gasteiger partial charge in [-0.1, -0.05) is 109 Å². The number of aromatic nitrogens is 1. The maximum atomic E-state index is 5.34. The molecule has 0 aliphatic carbocycles. The number of fused-ring (bicyclic) bond motifs is 3. The standard InChI is InChI=1S/C35H26N2/c1-3-10-25(11-4-1)30-21-20-28-19-18-27-14-7-8-17-32(27)37(33(28)24-30)34-23-22-29-15-9-16-31(35(29)36-34)26-12-5-2-6-13-26/h1-17,20-24H,18-19H2. The summed E-state index contributed by atoms with van der Waals surface area (Å²) >= 11 is 0. The third-order valence-electron chi connectivity index (χ3n) is 7.35. The minimum Gasteiger partial charge on any atom is -0.294 e. The molecule has 176 valence electrons. The first-order valence-corrected chi connectivity index (χ1v) is 12.9. The first-order valence-electron chi connectivity index (χ1n) is 12.9. The van der Waals surface area contributed by atoms with Crippen LogP contribution in [0.25, 0.3) is 33.2 Å². The predicted octanol–water partition coefficient (Wildman–Crippen LogP) is 9.14. The number of pyridine rings is 1. The second kappa shape index (κ2) is 9.07. The van der Waals surface area contributed by atoms with Crippen molar-refractivity contribution in [1.82, 2.24) is 4.98 Å². The van der Waals surface area contributed by atoms with Gasteiger partial charge >= 0.3 is 0 Å². The van der Waals surface area contributed by atoms with E-state index in [1.54, 1.807) is 0 Å². The number of hydrogen-bond donors (Lipinski definition) is 0. The van der Waals surface area contributed by atoms with Crippen molar-refractivity contribution in [3.05, 3.63) is 145 Å². The highest BCUT2D eigenvalue weighted by Gasteiger charge is 2.24. The van der Waals surface area contributed by atoms with Crippen LogP contribution >= 0.6 is 0 Å². The Morgan fingerprint density at radius 3 is 2.00 bits per heavy atom. The molecule has 37 heavy (non-hydrogen) atoms. The number of benzene rings is 5. The molecule has 0 amide bonds. The minimum atomic E-state index is 0.941. The van der Waals surface area contributed by atoms with Crippen LogP contribution in [0, 0.1) is 0 Å². The Balaban J connectivity index is 1.47. The molecule has 2 heterocycles.